The van der Waals surface area contributed by atoms with E-state index in [9.17, 15) is 8.42 Å². The number of aromatic nitrogens is 2. The lowest BCUT2D eigenvalue weighted by molar-refractivity contribution is 0.325. The second-order valence-corrected chi connectivity index (χ2v) is 8.21. The molecule has 1 aromatic carbocycles. The van der Waals surface area contributed by atoms with Crippen molar-refractivity contribution < 1.29 is 8.42 Å². The van der Waals surface area contributed by atoms with Crippen molar-refractivity contribution >= 4 is 9.84 Å². The van der Waals surface area contributed by atoms with Crippen molar-refractivity contribution in [3.05, 3.63) is 53.6 Å². The summed E-state index contributed by atoms with van der Waals surface area (Å²) in [5, 5.41) is 0. The van der Waals surface area contributed by atoms with Crippen LogP contribution in [0.25, 0.3) is 0 Å². The maximum Gasteiger partial charge on any atom is 0.175 e. The van der Waals surface area contributed by atoms with E-state index in [-0.39, 0.29) is 0 Å². The Kier molecular flexibility index (Phi) is 4.46. The average molecular weight is 331 g/mol. The van der Waals surface area contributed by atoms with E-state index in [1.165, 1.54) is 6.26 Å². The average Bonchev–Trinajstić information content (AvgIpc) is 2.95. The SMILES string of the molecule is Cc1ccnc([C@H]2CCN(Cc3ccc(S(C)(=O)=O)cc3)C2)n1. The van der Waals surface area contributed by atoms with Gasteiger partial charge in [-0.25, -0.2) is 18.4 Å². The van der Waals surface area contributed by atoms with Gasteiger partial charge < -0.3 is 0 Å². The first kappa shape index (κ1) is 16.1. The molecule has 1 atom stereocenters. The monoisotopic (exact) mass is 331 g/mol. The minimum atomic E-state index is -3.13. The first-order valence-corrected chi connectivity index (χ1v) is 9.62. The van der Waals surface area contributed by atoms with E-state index in [1.807, 2.05) is 31.3 Å². The minimum absolute atomic E-state index is 0.369. The third-order valence-electron chi connectivity index (χ3n) is 4.21. The summed E-state index contributed by atoms with van der Waals surface area (Å²) in [5.41, 5.74) is 2.13. The molecule has 1 aliphatic rings. The van der Waals surface area contributed by atoms with Crippen LogP contribution in [0.1, 0.15) is 29.4 Å². The quantitative estimate of drug-likeness (QED) is 0.859. The van der Waals surface area contributed by atoms with Crippen LogP contribution in [0.5, 0.6) is 0 Å². The largest absolute Gasteiger partial charge is 0.298 e. The summed E-state index contributed by atoms with van der Waals surface area (Å²) in [6.07, 6.45) is 4.12. The number of hydrogen-bond donors (Lipinski definition) is 0. The van der Waals surface area contributed by atoms with Gasteiger partial charge in [-0.2, -0.15) is 0 Å². The van der Waals surface area contributed by atoms with Crippen LogP contribution in [0.2, 0.25) is 0 Å². The van der Waals surface area contributed by atoms with Crippen LogP contribution in [0.15, 0.2) is 41.4 Å². The van der Waals surface area contributed by atoms with Crippen LogP contribution in [0.4, 0.5) is 0 Å². The van der Waals surface area contributed by atoms with E-state index < -0.39 is 9.84 Å². The molecule has 2 heterocycles. The molecule has 0 saturated carbocycles. The summed E-state index contributed by atoms with van der Waals surface area (Å²) in [5.74, 6) is 1.31. The van der Waals surface area contributed by atoms with Gasteiger partial charge in [0.2, 0.25) is 0 Å². The fourth-order valence-electron chi connectivity index (χ4n) is 2.95. The molecule has 3 rings (SSSR count). The first-order valence-electron chi connectivity index (χ1n) is 7.73. The standard InChI is InChI=1S/C17H21N3O2S/c1-13-7-9-18-17(19-13)15-8-10-20(12-15)11-14-3-5-16(6-4-14)23(2,21)22/h3-7,9,15H,8,10-12H2,1-2H3/t15-/m0/s1. The number of sulfone groups is 1. The summed E-state index contributed by atoms with van der Waals surface area (Å²) in [6, 6.07) is 9.07. The number of aryl methyl sites for hydroxylation is 1. The highest BCUT2D eigenvalue weighted by Gasteiger charge is 2.25. The van der Waals surface area contributed by atoms with Crippen molar-refractivity contribution in [2.45, 2.75) is 30.7 Å². The van der Waals surface area contributed by atoms with Crippen molar-refractivity contribution in [2.75, 3.05) is 19.3 Å². The molecule has 122 valence electrons. The summed E-state index contributed by atoms with van der Waals surface area (Å²) in [6.45, 7) is 4.76. The Morgan fingerprint density at radius 3 is 2.61 bits per heavy atom. The van der Waals surface area contributed by atoms with Crippen molar-refractivity contribution in [2.24, 2.45) is 0 Å². The molecule has 0 spiro atoms. The van der Waals surface area contributed by atoms with Crippen LogP contribution in [0, 0.1) is 6.92 Å². The molecule has 23 heavy (non-hydrogen) atoms. The molecular formula is C17H21N3O2S. The lowest BCUT2D eigenvalue weighted by atomic mass is 10.1. The molecule has 0 bridgehead atoms. The first-order chi connectivity index (χ1) is 10.9. The number of nitrogens with zero attached hydrogens (tertiary/aromatic N) is 3. The smallest absolute Gasteiger partial charge is 0.175 e. The Labute approximate surface area is 137 Å². The van der Waals surface area contributed by atoms with E-state index in [2.05, 4.69) is 14.9 Å². The zero-order valence-corrected chi connectivity index (χ0v) is 14.3. The van der Waals surface area contributed by atoms with Crippen LogP contribution >= 0.6 is 0 Å². The van der Waals surface area contributed by atoms with Gasteiger partial charge in [0, 0.05) is 37.2 Å². The Balaban J connectivity index is 1.64. The van der Waals surface area contributed by atoms with Gasteiger partial charge in [0.25, 0.3) is 0 Å². The Morgan fingerprint density at radius 1 is 1.22 bits per heavy atom. The normalized spacial score (nSPS) is 19.1. The highest BCUT2D eigenvalue weighted by atomic mass is 32.2. The van der Waals surface area contributed by atoms with Gasteiger partial charge in [0.05, 0.1) is 4.90 Å². The van der Waals surface area contributed by atoms with E-state index in [0.29, 0.717) is 10.8 Å². The summed E-state index contributed by atoms with van der Waals surface area (Å²) >= 11 is 0. The molecule has 0 aliphatic carbocycles. The van der Waals surface area contributed by atoms with Crippen LogP contribution < -0.4 is 0 Å². The van der Waals surface area contributed by atoms with Gasteiger partial charge in [-0.15, -0.1) is 0 Å². The lowest BCUT2D eigenvalue weighted by Gasteiger charge is -2.16. The fraction of sp³-hybridized carbons (Fsp3) is 0.412. The number of rotatable bonds is 4. The van der Waals surface area contributed by atoms with Gasteiger partial charge in [-0.05, 0) is 43.7 Å². The highest BCUT2D eigenvalue weighted by Crippen LogP contribution is 2.26. The number of likely N-dealkylation sites (tertiary alicyclic amines) is 1. The van der Waals surface area contributed by atoms with Gasteiger partial charge in [-0.3, -0.25) is 4.90 Å². The van der Waals surface area contributed by atoms with E-state index in [1.54, 1.807) is 12.1 Å². The van der Waals surface area contributed by atoms with Crippen LogP contribution in [0.3, 0.4) is 0 Å². The Morgan fingerprint density at radius 2 is 1.96 bits per heavy atom. The van der Waals surface area contributed by atoms with Crippen molar-refractivity contribution in [3.8, 4) is 0 Å². The van der Waals surface area contributed by atoms with E-state index >= 15 is 0 Å². The van der Waals surface area contributed by atoms with Crippen molar-refractivity contribution in [1.82, 2.24) is 14.9 Å². The number of hydrogen-bond acceptors (Lipinski definition) is 5. The molecule has 1 fully saturated rings. The van der Waals surface area contributed by atoms with Crippen LogP contribution in [-0.4, -0.2) is 42.6 Å². The second kappa shape index (κ2) is 6.37. The maximum atomic E-state index is 11.5. The van der Waals surface area contributed by atoms with Gasteiger partial charge in [0.1, 0.15) is 5.82 Å². The van der Waals surface area contributed by atoms with Gasteiger partial charge >= 0.3 is 0 Å². The molecule has 5 nitrogen and oxygen atoms in total. The predicted molar refractivity (Wildman–Crippen MR) is 89.0 cm³/mol. The second-order valence-electron chi connectivity index (χ2n) is 6.19. The van der Waals surface area contributed by atoms with Crippen molar-refractivity contribution in [1.29, 1.82) is 0 Å². The predicted octanol–water partition coefficient (Wildman–Crippen LogP) is 2.18. The van der Waals surface area contributed by atoms with E-state index in [4.69, 9.17) is 0 Å². The third kappa shape index (κ3) is 3.95. The molecule has 0 unspecified atom stereocenters. The van der Waals surface area contributed by atoms with Crippen molar-refractivity contribution in [3.63, 3.8) is 0 Å². The molecule has 0 N–H and O–H groups in total. The lowest BCUT2D eigenvalue weighted by Crippen LogP contribution is -2.20. The summed E-state index contributed by atoms with van der Waals surface area (Å²) < 4.78 is 23.0. The summed E-state index contributed by atoms with van der Waals surface area (Å²) in [7, 11) is -3.13. The van der Waals surface area contributed by atoms with Crippen LogP contribution in [-0.2, 0) is 16.4 Å². The Hall–Kier alpha value is -1.79. The fourth-order valence-corrected chi connectivity index (χ4v) is 3.58. The molecule has 1 aromatic heterocycles. The molecule has 1 saturated heterocycles. The molecular weight excluding hydrogens is 310 g/mol. The topological polar surface area (TPSA) is 63.2 Å². The maximum absolute atomic E-state index is 11.5. The molecule has 0 radical (unpaired) electrons. The Bertz CT molecular complexity index is 788. The van der Waals surface area contributed by atoms with E-state index in [0.717, 1.165) is 43.1 Å². The third-order valence-corrected chi connectivity index (χ3v) is 5.34. The minimum Gasteiger partial charge on any atom is -0.298 e. The molecule has 0 amide bonds. The zero-order valence-electron chi connectivity index (χ0n) is 13.4. The number of benzene rings is 1. The summed E-state index contributed by atoms with van der Waals surface area (Å²) in [4.78, 5) is 11.7. The zero-order chi connectivity index (χ0) is 16.4. The molecule has 1 aliphatic heterocycles. The highest BCUT2D eigenvalue weighted by molar-refractivity contribution is 7.90. The molecule has 2 aromatic rings. The van der Waals surface area contributed by atoms with Gasteiger partial charge in [0.15, 0.2) is 9.84 Å². The molecule has 6 heteroatoms. The van der Waals surface area contributed by atoms with Gasteiger partial charge in [-0.1, -0.05) is 12.1 Å².